The van der Waals surface area contributed by atoms with Crippen LogP contribution in [0.3, 0.4) is 0 Å². The Morgan fingerprint density at radius 2 is 1.70 bits per heavy atom. The smallest absolute Gasteiger partial charge is 0.243 e. The summed E-state index contributed by atoms with van der Waals surface area (Å²) in [6.07, 6.45) is 0.988. The van der Waals surface area contributed by atoms with E-state index in [0.717, 1.165) is 5.56 Å². The number of amides is 1. The first-order valence-electron chi connectivity index (χ1n) is 8.64. The van der Waals surface area contributed by atoms with E-state index in [-0.39, 0.29) is 16.7 Å². The van der Waals surface area contributed by atoms with Crippen molar-refractivity contribution >= 4 is 39.1 Å². The lowest BCUT2D eigenvalue weighted by molar-refractivity contribution is -0.126. The number of nitrogens with one attached hydrogen (secondary N) is 1. The highest BCUT2D eigenvalue weighted by atomic mass is 35.5. The van der Waals surface area contributed by atoms with Crippen LogP contribution in [0.15, 0.2) is 53.4 Å². The second kappa shape index (κ2) is 8.61. The van der Waals surface area contributed by atoms with Crippen molar-refractivity contribution in [1.29, 1.82) is 0 Å². The number of rotatable bonds is 5. The van der Waals surface area contributed by atoms with Crippen molar-refractivity contribution in [1.82, 2.24) is 9.62 Å². The van der Waals surface area contributed by atoms with Gasteiger partial charge in [-0.25, -0.2) is 8.42 Å². The van der Waals surface area contributed by atoms with Gasteiger partial charge in [0.2, 0.25) is 15.9 Å². The van der Waals surface area contributed by atoms with Crippen molar-refractivity contribution in [2.24, 2.45) is 5.92 Å². The minimum Gasteiger partial charge on any atom is -0.352 e. The monoisotopic (exact) mass is 426 g/mol. The fraction of sp³-hybridized carbons (Fsp3) is 0.316. The summed E-state index contributed by atoms with van der Waals surface area (Å²) in [5.74, 6) is -0.251. The Bertz CT molecular complexity index is 909. The van der Waals surface area contributed by atoms with Crippen LogP contribution in [-0.4, -0.2) is 31.7 Å². The van der Waals surface area contributed by atoms with Gasteiger partial charge in [0.15, 0.2) is 0 Å². The van der Waals surface area contributed by atoms with Gasteiger partial charge in [0, 0.05) is 35.6 Å². The van der Waals surface area contributed by atoms with Crippen LogP contribution < -0.4 is 5.32 Å². The number of carbonyl (C=O) groups excluding carboxylic acids is 1. The van der Waals surface area contributed by atoms with E-state index in [1.165, 1.54) is 16.4 Å². The molecule has 0 unspecified atom stereocenters. The molecule has 0 radical (unpaired) electrons. The van der Waals surface area contributed by atoms with Crippen molar-refractivity contribution in [3.05, 3.63) is 64.1 Å². The topological polar surface area (TPSA) is 66.5 Å². The van der Waals surface area contributed by atoms with Crippen molar-refractivity contribution in [2.45, 2.75) is 24.3 Å². The highest BCUT2D eigenvalue weighted by Gasteiger charge is 2.31. The zero-order chi connectivity index (χ0) is 19.4. The van der Waals surface area contributed by atoms with Crippen molar-refractivity contribution < 1.29 is 13.2 Å². The molecular weight excluding hydrogens is 407 g/mol. The Morgan fingerprint density at radius 1 is 1.04 bits per heavy atom. The van der Waals surface area contributed by atoms with Crippen molar-refractivity contribution in [3.63, 3.8) is 0 Å². The van der Waals surface area contributed by atoms with E-state index in [4.69, 9.17) is 23.2 Å². The molecule has 144 valence electrons. The first kappa shape index (κ1) is 20.1. The molecule has 0 spiro atoms. The number of hydrogen-bond donors (Lipinski definition) is 1. The van der Waals surface area contributed by atoms with Gasteiger partial charge in [0.1, 0.15) is 0 Å². The average molecular weight is 427 g/mol. The molecule has 27 heavy (non-hydrogen) atoms. The van der Waals surface area contributed by atoms with Gasteiger partial charge in [-0.2, -0.15) is 4.31 Å². The summed E-state index contributed by atoms with van der Waals surface area (Å²) in [6, 6.07) is 13.4. The predicted molar refractivity (Wildman–Crippen MR) is 106 cm³/mol. The Hall–Kier alpha value is -1.60. The molecule has 0 aliphatic carbocycles. The van der Waals surface area contributed by atoms with Crippen LogP contribution in [0.2, 0.25) is 10.0 Å². The number of hydrogen-bond acceptors (Lipinski definition) is 3. The van der Waals surface area contributed by atoms with Crippen LogP contribution in [0.1, 0.15) is 18.4 Å². The Kier molecular flexibility index (Phi) is 6.42. The van der Waals surface area contributed by atoms with Crippen LogP contribution in [0.5, 0.6) is 0 Å². The lowest BCUT2D eigenvalue weighted by atomic mass is 9.97. The highest BCUT2D eigenvalue weighted by Crippen LogP contribution is 2.25. The van der Waals surface area contributed by atoms with E-state index in [9.17, 15) is 13.2 Å². The first-order chi connectivity index (χ1) is 12.9. The molecule has 1 fully saturated rings. The maximum absolute atomic E-state index is 12.7. The molecule has 0 aromatic heterocycles. The summed E-state index contributed by atoms with van der Waals surface area (Å²) in [4.78, 5) is 12.6. The number of carbonyl (C=O) groups is 1. The molecule has 5 nitrogen and oxygen atoms in total. The fourth-order valence-electron chi connectivity index (χ4n) is 3.09. The second-order valence-corrected chi connectivity index (χ2v) is 9.29. The maximum atomic E-state index is 12.7. The Labute approximate surface area is 169 Å². The predicted octanol–water partition coefficient (Wildman–Crippen LogP) is 3.71. The van der Waals surface area contributed by atoms with Crippen LogP contribution in [-0.2, 0) is 21.4 Å². The summed E-state index contributed by atoms with van der Waals surface area (Å²) < 4.78 is 26.8. The minimum atomic E-state index is -3.56. The van der Waals surface area contributed by atoms with Gasteiger partial charge in [-0.15, -0.1) is 0 Å². The zero-order valence-corrected chi connectivity index (χ0v) is 16.9. The zero-order valence-electron chi connectivity index (χ0n) is 14.6. The fourth-order valence-corrected chi connectivity index (χ4v) is 4.90. The number of sulfonamides is 1. The van der Waals surface area contributed by atoms with Crippen LogP contribution in [0.25, 0.3) is 0 Å². The van der Waals surface area contributed by atoms with Gasteiger partial charge in [-0.3, -0.25) is 4.79 Å². The Morgan fingerprint density at radius 3 is 2.33 bits per heavy atom. The summed E-state index contributed by atoms with van der Waals surface area (Å²) in [7, 11) is -3.56. The average Bonchev–Trinajstić information content (AvgIpc) is 2.66. The number of piperidine rings is 1. The van der Waals surface area contributed by atoms with E-state index in [2.05, 4.69) is 5.32 Å². The van der Waals surface area contributed by atoms with Crippen LogP contribution in [0, 0.1) is 5.92 Å². The molecule has 8 heteroatoms. The van der Waals surface area contributed by atoms with Crippen LogP contribution >= 0.6 is 23.2 Å². The third-order valence-electron chi connectivity index (χ3n) is 4.63. The molecule has 3 rings (SSSR count). The minimum absolute atomic E-state index is 0.0569. The molecular formula is C19H20Cl2N2O3S. The molecule has 0 saturated carbocycles. The second-order valence-electron chi connectivity index (χ2n) is 6.48. The number of halogens is 2. The third kappa shape index (κ3) is 5.02. The summed E-state index contributed by atoms with van der Waals surface area (Å²) in [6.45, 7) is 1.04. The van der Waals surface area contributed by atoms with E-state index in [1.807, 2.05) is 18.2 Å². The van der Waals surface area contributed by atoms with E-state index in [0.29, 0.717) is 42.5 Å². The van der Waals surface area contributed by atoms with Gasteiger partial charge >= 0.3 is 0 Å². The van der Waals surface area contributed by atoms with Gasteiger partial charge in [0.25, 0.3) is 0 Å². The molecule has 1 heterocycles. The normalized spacial score (nSPS) is 16.2. The lowest BCUT2D eigenvalue weighted by Gasteiger charge is -2.30. The van der Waals surface area contributed by atoms with E-state index >= 15 is 0 Å². The molecule has 2 aromatic carbocycles. The SMILES string of the molecule is O=C(NCc1cccc(Cl)c1)C1CCN(S(=O)(=O)c2ccc(Cl)cc2)CC1. The molecule has 2 aromatic rings. The summed E-state index contributed by atoms with van der Waals surface area (Å²) in [5, 5.41) is 4.02. The van der Waals surface area contributed by atoms with E-state index < -0.39 is 10.0 Å². The molecule has 0 atom stereocenters. The summed E-state index contributed by atoms with van der Waals surface area (Å²) in [5.41, 5.74) is 0.929. The van der Waals surface area contributed by atoms with Gasteiger partial charge in [-0.05, 0) is 54.8 Å². The molecule has 1 aliphatic rings. The molecule has 1 amide bonds. The standard InChI is InChI=1S/C19H20Cl2N2O3S/c20-16-4-6-18(7-5-16)27(25,26)23-10-8-15(9-11-23)19(24)22-13-14-2-1-3-17(21)12-14/h1-7,12,15H,8-11,13H2,(H,22,24). The molecule has 1 saturated heterocycles. The third-order valence-corrected chi connectivity index (χ3v) is 7.03. The maximum Gasteiger partial charge on any atom is 0.243 e. The Balaban J connectivity index is 1.55. The summed E-state index contributed by atoms with van der Waals surface area (Å²) >= 11 is 11.8. The van der Waals surface area contributed by atoms with Gasteiger partial charge in [-0.1, -0.05) is 35.3 Å². The van der Waals surface area contributed by atoms with Crippen molar-refractivity contribution in [3.8, 4) is 0 Å². The quantitative estimate of drug-likeness (QED) is 0.791. The highest BCUT2D eigenvalue weighted by molar-refractivity contribution is 7.89. The number of nitrogens with zero attached hydrogens (tertiary/aromatic N) is 1. The van der Waals surface area contributed by atoms with Gasteiger partial charge in [0.05, 0.1) is 4.90 Å². The van der Waals surface area contributed by atoms with Gasteiger partial charge < -0.3 is 5.32 Å². The first-order valence-corrected chi connectivity index (χ1v) is 10.8. The van der Waals surface area contributed by atoms with Crippen LogP contribution in [0.4, 0.5) is 0 Å². The number of benzene rings is 2. The lowest BCUT2D eigenvalue weighted by Crippen LogP contribution is -2.42. The van der Waals surface area contributed by atoms with Crippen molar-refractivity contribution in [2.75, 3.05) is 13.1 Å². The van der Waals surface area contributed by atoms with E-state index in [1.54, 1.807) is 18.2 Å². The molecule has 0 bridgehead atoms. The largest absolute Gasteiger partial charge is 0.352 e. The molecule has 1 aliphatic heterocycles. The molecule has 1 N–H and O–H groups in total.